The second-order valence-corrected chi connectivity index (χ2v) is 10.4. The van der Waals surface area contributed by atoms with Gasteiger partial charge in [0.2, 0.25) is 0 Å². The van der Waals surface area contributed by atoms with E-state index in [-0.39, 0.29) is 42.8 Å². The number of benzene rings is 2. The summed E-state index contributed by atoms with van der Waals surface area (Å²) in [4.78, 5) is 42.2. The molecule has 1 aliphatic heterocycles. The number of aliphatic hydroxyl groups excluding tert-OH is 1. The molecule has 1 aromatic heterocycles. The van der Waals surface area contributed by atoms with Crippen molar-refractivity contribution in [2.75, 3.05) is 42.7 Å². The number of nitrogens with zero attached hydrogens (tertiary/aromatic N) is 3. The van der Waals surface area contributed by atoms with Crippen LogP contribution in [0.3, 0.4) is 0 Å². The van der Waals surface area contributed by atoms with Gasteiger partial charge in [0.25, 0.3) is 5.91 Å². The quantitative estimate of drug-likeness (QED) is 0.321. The van der Waals surface area contributed by atoms with Crippen molar-refractivity contribution in [1.29, 1.82) is 0 Å². The minimum atomic E-state index is -0.551. The lowest BCUT2D eigenvalue weighted by atomic mass is 9.99. The molecule has 5 amide bonds. The van der Waals surface area contributed by atoms with Crippen molar-refractivity contribution in [2.24, 2.45) is 5.92 Å². The number of fused-ring (bicyclic) bond motifs is 1. The molecular weight excluding hydrogens is 547 g/mol. The normalized spacial score (nSPS) is 17.3. The van der Waals surface area contributed by atoms with Crippen molar-refractivity contribution in [2.45, 2.75) is 39.8 Å². The number of rotatable bonds is 7. The van der Waals surface area contributed by atoms with E-state index in [0.717, 1.165) is 0 Å². The summed E-state index contributed by atoms with van der Waals surface area (Å²) in [5.74, 6) is -0.275. The Bertz CT molecular complexity index is 1430. The van der Waals surface area contributed by atoms with E-state index in [4.69, 9.17) is 9.26 Å². The Morgan fingerprint density at radius 2 is 1.83 bits per heavy atom. The number of ether oxygens (including phenoxy) is 1. The predicted octanol–water partition coefficient (Wildman–Crippen LogP) is 4.46. The standard InChI is InChI=1S/C29H35FN6O6/c1-16-13-36(17(2)15-37)27(38)23-12-22(31-28(39)33-26-18(3)34-42-19(26)4)10-11-24(23)41-25(16)14-35(5)29(40)32-21-8-6-20(30)7-9-21/h6-12,16-17,25,37H,13-15H2,1-5H3,(H,32,40)(H2,31,33,39)/t16-,17+,25+/m0/s1. The first-order chi connectivity index (χ1) is 20.0. The number of aliphatic hydroxyl groups is 1. The minimum Gasteiger partial charge on any atom is -0.487 e. The van der Waals surface area contributed by atoms with Gasteiger partial charge < -0.3 is 40.1 Å². The fourth-order valence-corrected chi connectivity index (χ4v) is 4.56. The SMILES string of the molecule is Cc1noc(C)c1NC(=O)Nc1ccc2c(c1)C(=O)N([C@H](C)CO)C[C@H](C)[C@@H](CN(C)C(=O)Nc1ccc(F)cc1)O2. The van der Waals surface area contributed by atoms with Gasteiger partial charge in [0.15, 0.2) is 5.76 Å². The number of amides is 5. The number of hydrogen-bond acceptors (Lipinski definition) is 7. The molecule has 13 heteroatoms. The number of hydrogen-bond donors (Lipinski definition) is 4. The molecule has 42 heavy (non-hydrogen) atoms. The van der Waals surface area contributed by atoms with Crippen molar-refractivity contribution in [1.82, 2.24) is 15.0 Å². The van der Waals surface area contributed by atoms with E-state index in [1.165, 1.54) is 35.2 Å². The number of likely N-dealkylation sites (N-methyl/N-ethyl adjacent to an activating group) is 1. The average molecular weight is 583 g/mol. The zero-order valence-corrected chi connectivity index (χ0v) is 24.1. The molecule has 1 aliphatic rings. The number of urea groups is 2. The van der Waals surface area contributed by atoms with Crippen LogP contribution in [-0.2, 0) is 0 Å². The molecule has 0 aliphatic carbocycles. The molecular formula is C29H35FN6O6. The van der Waals surface area contributed by atoms with Gasteiger partial charge in [-0.3, -0.25) is 4.79 Å². The van der Waals surface area contributed by atoms with Gasteiger partial charge >= 0.3 is 12.1 Å². The highest BCUT2D eigenvalue weighted by molar-refractivity contribution is 6.03. The van der Waals surface area contributed by atoms with Crippen LogP contribution in [0, 0.1) is 25.6 Å². The lowest BCUT2D eigenvalue weighted by Crippen LogP contribution is -2.50. The fourth-order valence-electron chi connectivity index (χ4n) is 4.56. The Morgan fingerprint density at radius 3 is 2.48 bits per heavy atom. The van der Waals surface area contributed by atoms with E-state index in [0.29, 0.717) is 28.5 Å². The summed E-state index contributed by atoms with van der Waals surface area (Å²) >= 11 is 0. The molecule has 0 fully saturated rings. The Hall–Kier alpha value is -4.65. The van der Waals surface area contributed by atoms with Crippen LogP contribution in [-0.4, -0.2) is 76.9 Å². The van der Waals surface area contributed by atoms with Crippen molar-refractivity contribution >= 4 is 35.0 Å². The molecule has 224 valence electrons. The van der Waals surface area contributed by atoms with E-state index >= 15 is 0 Å². The van der Waals surface area contributed by atoms with E-state index in [1.807, 2.05) is 6.92 Å². The third kappa shape index (κ3) is 6.97. The van der Waals surface area contributed by atoms with Gasteiger partial charge in [-0.1, -0.05) is 12.1 Å². The molecule has 12 nitrogen and oxygen atoms in total. The van der Waals surface area contributed by atoms with Crippen LogP contribution in [0.25, 0.3) is 0 Å². The molecule has 4 N–H and O–H groups in total. The van der Waals surface area contributed by atoms with E-state index in [9.17, 15) is 23.9 Å². The summed E-state index contributed by atoms with van der Waals surface area (Å²) in [5, 5.41) is 21.8. The Labute approximate surface area is 242 Å². The Balaban J connectivity index is 1.55. The zero-order valence-electron chi connectivity index (χ0n) is 24.1. The largest absolute Gasteiger partial charge is 0.487 e. The van der Waals surface area contributed by atoms with E-state index in [1.54, 1.807) is 44.9 Å². The van der Waals surface area contributed by atoms with E-state index in [2.05, 4.69) is 21.1 Å². The average Bonchev–Trinajstić information content (AvgIpc) is 3.27. The first-order valence-corrected chi connectivity index (χ1v) is 13.5. The van der Waals surface area contributed by atoms with Gasteiger partial charge in [-0.25, -0.2) is 14.0 Å². The molecule has 0 saturated heterocycles. The summed E-state index contributed by atoms with van der Waals surface area (Å²) in [7, 11) is 1.61. The molecule has 3 atom stereocenters. The van der Waals surface area contributed by atoms with Gasteiger partial charge in [-0.05, 0) is 63.2 Å². The maximum Gasteiger partial charge on any atom is 0.323 e. The summed E-state index contributed by atoms with van der Waals surface area (Å²) in [6, 6.07) is 8.68. The number of carbonyl (C=O) groups excluding carboxylic acids is 3. The third-order valence-electron chi connectivity index (χ3n) is 7.09. The lowest BCUT2D eigenvalue weighted by molar-refractivity contribution is 0.0371. The van der Waals surface area contributed by atoms with Crippen LogP contribution >= 0.6 is 0 Å². The lowest BCUT2D eigenvalue weighted by Gasteiger charge is -2.38. The van der Waals surface area contributed by atoms with Crippen molar-refractivity contribution in [3.8, 4) is 5.75 Å². The molecule has 4 rings (SSSR count). The summed E-state index contributed by atoms with van der Waals surface area (Å²) < 4.78 is 24.6. The molecule has 2 heterocycles. The van der Waals surface area contributed by atoms with Crippen molar-refractivity contribution in [3.63, 3.8) is 0 Å². The zero-order chi connectivity index (χ0) is 30.6. The van der Waals surface area contributed by atoms with Crippen LogP contribution in [0.4, 0.5) is 31.0 Å². The van der Waals surface area contributed by atoms with Crippen LogP contribution in [0.5, 0.6) is 5.75 Å². The Kier molecular flexibility index (Phi) is 9.31. The van der Waals surface area contributed by atoms with Gasteiger partial charge in [-0.2, -0.15) is 0 Å². The second-order valence-electron chi connectivity index (χ2n) is 10.4. The minimum absolute atomic E-state index is 0.170. The van der Waals surface area contributed by atoms with Crippen molar-refractivity contribution in [3.05, 3.63) is 65.3 Å². The number of aromatic nitrogens is 1. The maximum atomic E-state index is 13.7. The number of nitrogens with one attached hydrogen (secondary N) is 3. The van der Waals surface area contributed by atoms with Crippen molar-refractivity contribution < 1.29 is 33.1 Å². The fraction of sp³-hybridized carbons (Fsp3) is 0.379. The molecule has 0 spiro atoms. The molecule has 0 saturated carbocycles. The number of carbonyl (C=O) groups is 3. The molecule has 0 unspecified atom stereocenters. The maximum absolute atomic E-state index is 13.7. The van der Waals surface area contributed by atoms with Gasteiger partial charge in [0, 0.05) is 30.9 Å². The molecule has 2 aromatic carbocycles. The monoisotopic (exact) mass is 582 g/mol. The van der Waals surface area contributed by atoms with E-state index < -0.39 is 30.0 Å². The predicted molar refractivity (Wildman–Crippen MR) is 154 cm³/mol. The smallest absolute Gasteiger partial charge is 0.323 e. The van der Waals surface area contributed by atoms with Gasteiger partial charge in [-0.15, -0.1) is 0 Å². The summed E-state index contributed by atoms with van der Waals surface area (Å²) in [5.41, 5.74) is 1.95. The number of anilines is 3. The third-order valence-corrected chi connectivity index (χ3v) is 7.09. The topological polar surface area (TPSA) is 149 Å². The van der Waals surface area contributed by atoms with Crippen LogP contribution < -0.4 is 20.7 Å². The number of halogens is 1. The molecule has 3 aromatic rings. The highest BCUT2D eigenvalue weighted by atomic mass is 19.1. The van der Waals surface area contributed by atoms with Crippen LogP contribution in [0.1, 0.15) is 35.7 Å². The first-order valence-electron chi connectivity index (χ1n) is 13.5. The molecule has 0 radical (unpaired) electrons. The van der Waals surface area contributed by atoms with Crippen LogP contribution in [0.2, 0.25) is 0 Å². The highest BCUT2D eigenvalue weighted by Crippen LogP contribution is 2.31. The number of aryl methyl sites for hydroxylation is 2. The molecule has 0 bridgehead atoms. The summed E-state index contributed by atoms with van der Waals surface area (Å²) in [6.07, 6.45) is -0.532. The van der Waals surface area contributed by atoms with Gasteiger partial charge in [0.05, 0.1) is 24.8 Å². The van der Waals surface area contributed by atoms with Gasteiger partial charge in [0.1, 0.15) is 29.1 Å². The Morgan fingerprint density at radius 1 is 1.14 bits per heavy atom. The van der Waals surface area contributed by atoms with Crippen LogP contribution in [0.15, 0.2) is 47.0 Å². The summed E-state index contributed by atoms with van der Waals surface area (Å²) in [6.45, 7) is 7.19. The second kappa shape index (κ2) is 12.9. The first kappa shape index (κ1) is 30.3. The highest BCUT2D eigenvalue weighted by Gasteiger charge is 2.34.